The smallest absolute Gasteiger partial charge is 0.384 e. The standard InChI is InChI=1S/C27H27F3N8/c1-17(18-4-6-21(7-5-18)32-8-11-38-9-2-3-10-38)36-26-35-14-19(13-31)24(37-26)23-16-34-25-22(23)12-20(15-33-25)27(28,29)30/h4-7,12,14-17,32H,2-3,8-11H2,1H3,(H,33,34)(H,35,36,37)/t17-/m1/s1. The van der Waals surface area contributed by atoms with Crippen LogP contribution in [0.25, 0.3) is 22.3 Å². The Bertz CT molecular complexity index is 1450. The Morgan fingerprint density at radius 3 is 2.61 bits per heavy atom. The van der Waals surface area contributed by atoms with Crippen molar-refractivity contribution >= 4 is 22.7 Å². The van der Waals surface area contributed by atoms with Crippen LogP contribution in [0.3, 0.4) is 0 Å². The van der Waals surface area contributed by atoms with Gasteiger partial charge in [0.1, 0.15) is 11.7 Å². The minimum absolute atomic E-state index is 0.144. The number of fused-ring (bicyclic) bond motifs is 1. The number of hydrogen-bond donors (Lipinski definition) is 3. The number of alkyl halides is 3. The highest BCUT2D eigenvalue weighted by Crippen LogP contribution is 2.35. The molecule has 0 saturated carbocycles. The van der Waals surface area contributed by atoms with Gasteiger partial charge in [-0.25, -0.2) is 15.0 Å². The van der Waals surface area contributed by atoms with E-state index in [1.165, 1.54) is 38.3 Å². The summed E-state index contributed by atoms with van der Waals surface area (Å²) in [6, 6.07) is 11.0. The van der Waals surface area contributed by atoms with Gasteiger partial charge in [0.25, 0.3) is 0 Å². The van der Waals surface area contributed by atoms with E-state index in [1.807, 2.05) is 37.3 Å². The Labute approximate surface area is 217 Å². The van der Waals surface area contributed by atoms with E-state index in [0.29, 0.717) is 5.56 Å². The summed E-state index contributed by atoms with van der Waals surface area (Å²) in [6.45, 7) is 6.23. The number of pyridine rings is 1. The normalized spacial score (nSPS) is 14.9. The molecule has 196 valence electrons. The van der Waals surface area contributed by atoms with Crippen LogP contribution < -0.4 is 10.6 Å². The van der Waals surface area contributed by atoms with Crippen LogP contribution in [0.15, 0.2) is 48.9 Å². The van der Waals surface area contributed by atoms with Gasteiger partial charge in [-0.1, -0.05) is 12.1 Å². The molecule has 8 nitrogen and oxygen atoms in total. The van der Waals surface area contributed by atoms with Gasteiger partial charge in [0.05, 0.1) is 29.1 Å². The first-order valence-electron chi connectivity index (χ1n) is 12.5. The highest BCUT2D eigenvalue weighted by molar-refractivity contribution is 5.94. The number of nitriles is 1. The second-order valence-corrected chi connectivity index (χ2v) is 9.35. The zero-order chi connectivity index (χ0) is 26.7. The Kier molecular flexibility index (Phi) is 7.15. The fourth-order valence-electron chi connectivity index (χ4n) is 4.62. The molecule has 5 rings (SSSR count). The van der Waals surface area contributed by atoms with Crippen molar-refractivity contribution in [3.63, 3.8) is 0 Å². The number of rotatable bonds is 8. The second-order valence-electron chi connectivity index (χ2n) is 9.35. The Morgan fingerprint density at radius 2 is 1.89 bits per heavy atom. The van der Waals surface area contributed by atoms with Crippen LogP contribution in [0, 0.1) is 11.3 Å². The first-order valence-corrected chi connectivity index (χ1v) is 12.5. The molecule has 38 heavy (non-hydrogen) atoms. The maximum absolute atomic E-state index is 13.3. The minimum Gasteiger partial charge on any atom is -0.384 e. The molecular formula is C27H27F3N8. The lowest BCUT2D eigenvalue weighted by atomic mass is 10.1. The molecule has 1 atom stereocenters. The van der Waals surface area contributed by atoms with E-state index in [4.69, 9.17) is 0 Å². The van der Waals surface area contributed by atoms with Crippen LogP contribution in [-0.4, -0.2) is 51.0 Å². The molecule has 11 heteroatoms. The van der Waals surface area contributed by atoms with E-state index in [2.05, 4.69) is 35.5 Å². The van der Waals surface area contributed by atoms with Crippen molar-refractivity contribution in [1.29, 1.82) is 5.26 Å². The van der Waals surface area contributed by atoms with Crippen molar-refractivity contribution in [3.8, 4) is 17.3 Å². The molecule has 1 aromatic carbocycles. The highest BCUT2D eigenvalue weighted by atomic mass is 19.4. The lowest BCUT2D eigenvalue weighted by molar-refractivity contribution is -0.137. The first-order chi connectivity index (χ1) is 18.3. The SMILES string of the molecule is C[C@@H](Nc1ncc(C#N)c(-c2c[nH]c3ncc(C(F)(F)F)cc23)n1)c1ccc(NCCN2CCCC2)cc1. The van der Waals surface area contributed by atoms with Crippen molar-refractivity contribution in [3.05, 3.63) is 65.6 Å². The van der Waals surface area contributed by atoms with Crippen LogP contribution in [0.2, 0.25) is 0 Å². The molecule has 0 radical (unpaired) electrons. The quantitative estimate of drug-likeness (QED) is 0.278. The van der Waals surface area contributed by atoms with E-state index in [1.54, 1.807) is 0 Å². The summed E-state index contributed by atoms with van der Waals surface area (Å²) in [5.74, 6) is 0.258. The fraction of sp³-hybridized carbons (Fsp3) is 0.333. The third kappa shape index (κ3) is 5.55. The minimum atomic E-state index is -4.54. The maximum atomic E-state index is 13.3. The summed E-state index contributed by atoms with van der Waals surface area (Å²) in [5, 5.41) is 16.5. The van der Waals surface area contributed by atoms with Gasteiger partial charge in [-0.05, 0) is 56.6 Å². The summed E-state index contributed by atoms with van der Waals surface area (Å²) >= 11 is 0. The number of aromatic amines is 1. The molecule has 3 N–H and O–H groups in total. The van der Waals surface area contributed by atoms with Crippen LogP contribution >= 0.6 is 0 Å². The topological polar surface area (TPSA) is 106 Å². The number of anilines is 2. The average molecular weight is 521 g/mol. The van der Waals surface area contributed by atoms with Gasteiger partial charge in [-0.15, -0.1) is 0 Å². The number of benzene rings is 1. The number of H-pyrrole nitrogens is 1. The third-order valence-electron chi connectivity index (χ3n) is 6.73. The van der Waals surface area contributed by atoms with Gasteiger partial charge in [0, 0.05) is 42.1 Å². The lowest BCUT2D eigenvalue weighted by Crippen LogP contribution is -2.25. The molecule has 0 bridgehead atoms. The molecule has 4 aromatic rings. The average Bonchev–Trinajstić information content (AvgIpc) is 3.58. The van der Waals surface area contributed by atoms with E-state index in [-0.39, 0.29) is 34.3 Å². The monoisotopic (exact) mass is 520 g/mol. The van der Waals surface area contributed by atoms with E-state index < -0.39 is 11.7 Å². The maximum Gasteiger partial charge on any atom is 0.417 e. The molecule has 0 spiro atoms. The number of nitrogens with zero attached hydrogens (tertiary/aromatic N) is 5. The molecule has 4 heterocycles. The lowest BCUT2D eigenvalue weighted by Gasteiger charge is -2.17. The molecule has 1 saturated heterocycles. The predicted molar refractivity (Wildman–Crippen MR) is 139 cm³/mol. The van der Waals surface area contributed by atoms with Gasteiger partial charge in [-0.2, -0.15) is 18.4 Å². The molecule has 1 aliphatic heterocycles. The molecule has 0 amide bonds. The van der Waals surface area contributed by atoms with Crippen molar-refractivity contribution in [2.24, 2.45) is 0 Å². The molecule has 1 fully saturated rings. The second kappa shape index (κ2) is 10.7. The Hall–Kier alpha value is -4.17. The molecule has 1 aliphatic rings. The van der Waals surface area contributed by atoms with Crippen LogP contribution in [0.4, 0.5) is 24.8 Å². The van der Waals surface area contributed by atoms with Gasteiger partial charge >= 0.3 is 6.18 Å². The van der Waals surface area contributed by atoms with Gasteiger partial charge < -0.3 is 20.5 Å². The van der Waals surface area contributed by atoms with Crippen LogP contribution in [0.1, 0.15) is 42.5 Å². The van der Waals surface area contributed by atoms with E-state index >= 15 is 0 Å². The van der Waals surface area contributed by atoms with E-state index in [9.17, 15) is 18.4 Å². The summed E-state index contributed by atoms with van der Waals surface area (Å²) in [5.41, 5.74) is 2.16. The Morgan fingerprint density at radius 1 is 1.13 bits per heavy atom. The van der Waals surface area contributed by atoms with Crippen molar-refractivity contribution in [1.82, 2.24) is 24.8 Å². The largest absolute Gasteiger partial charge is 0.417 e. The van der Waals surface area contributed by atoms with Gasteiger partial charge in [0.2, 0.25) is 5.95 Å². The number of halogens is 3. The molecule has 0 aliphatic carbocycles. The fourth-order valence-corrected chi connectivity index (χ4v) is 4.62. The van der Waals surface area contributed by atoms with Gasteiger partial charge in [-0.3, -0.25) is 0 Å². The number of aromatic nitrogens is 4. The number of nitrogens with one attached hydrogen (secondary N) is 3. The summed E-state index contributed by atoms with van der Waals surface area (Å²) in [6.07, 6.45) is 1.66. The van der Waals surface area contributed by atoms with E-state index in [0.717, 1.165) is 36.6 Å². The summed E-state index contributed by atoms with van der Waals surface area (Å²) < 4.78 is 39.8. The van der Waals surface area contributed by atoms with Crippen molar-refractivity contribution in [2.75, 3.05) is 36.8 Å². The number of hydrogen-bond acceptors (Lipinski definition) is 7. The zero-order valence-electron chi connectivity index (χ0n) is 20.8. The predicted octanol–water partition coefficient (Wildman–Crippen LogP) is 5.59. The summed E-state index contributed by atoms with van der Waals surface area (Å²) in [4.78, 5) is 17.9. The van der Waals surface area contributed by atoms with Crippen LogP contribution in [-0.2, 0) is 6.18 Å². The molecule has 3 aromatic heterocycles. The van der Waals surface area contributed by atoms with Crippen molar-refractivity contribution in [2.45, 2.75) is 32.0 Å². The van der Waals surface area contributed by atoms with Crippen LogP contribution in [0.5, 0.6) is 0 Å². The summed E-state index contributed by atoms with van der Waals surface area (Å²) in [7, 11) is 0. The highest BCUT2D eigenvalue weighted by Gasteiger charge is 2.31. The number of likely N-dealkylation sites (tertiary alicyclic amines) is 1. The molecule has 0 unspecified atom stereocenters. The first kappa shape index (κ1) is 25.5. The zero-order valence-corrected chi connectivity index (χ0v) is 20.8. The third-order valence-corrected chi connectivity index (χ3v) is 6.73. The van der Waals surface area contributed by atoms with Crippen molar-refractivity contribution < 1.29 is 13.2 Å². The Balaban J connectivity index is 1.32. The van der Waals surface area contributed by atoms with Gasteiger partial charge in [0.15, 0.2) is 0 Å². The molecular weight excluding hydrogens is 493 g/mol.